The van der Waals surface area contributed by atoms with Gasteiger partial charge in [0.25, 0.3) is 5.91 Å². The summed E-state index contributed by atoms with van der Waals surface area (Å²) in [6.07, 6.45) is 0. The fourth-order valence-electron chi connectivity index (χ4n) is 1.49. The summed E-state index contributed by atoms with van der Waals surface area (Å²) in [4.78, 5) is 23.6. The van der Waals surface area contributed by atoms with E-state index < -0.39 is 29.8 Å². The number of carbonyl (C=O) groups excluding carboxylic acids is 2. The number of esters is 1. The van der Waals surface area contributed by atoms with E-state index in [1.54, 1.807) is 20.8 Å². The summed E-state index contributed by atoms with van der Waals surface area (Å²) in [5.41, 5.74) is -1.07. The van der Waals surface area contributed by atoms with Gasteiger partial charge in [-0.2, -0.15) is 5.26 Å². The van der Waals surface area contributed by atoms with E-state index in [1.165, 1.54) is 12.1 Å². The maximum atomic E-state index is 13.1. The van der Waals surface area contributed by atoms with E-state index in [2.05, 4.69) is 21.2 Å². The summed E-state index contributed by atoms with van der Waals surface area (Å²) in [6, 6.07) is 5.59. The van der Waals surface area contributed by atoms with Crippen LogP contribution >= 0.6 is 15.9 Å². The maximum absolute atomic E-state index is 13.1. The zero-order chi connectivity index (χ0) is 16.9. The van der Waals surface area contributed by atoms with E-state index in [0.717, 1.165) is 6.07 Å². The fraction of sp³-hybridized carbons (Fsp3) is 0.400. The lowest BCUT2D eigenvalue weighted by atomic mass is 9.90. The van der Waals surface area contributed by atoms with Gasteiger partial charge in [-0.15, -0.1) is 0 Å². The average Bonchev–Trinajstić information content (AvgIpc) is 2.46. The second-order valence-corrected chi connectivity index (χ2v) is 6.07. The molecule has 1 amide bonds. The molecule has 118 valence electrons. The SMILES string of the molecule is CC(C)[C@](C)(C#N)NC(=O)COC(=O)c1cc(F)ccc1Br. The third kappa shape index (κ3) is 4.53. The molecule has 1 N–H and O–H groups in total. The maximum Gasteiger partial charge on any atom is 0.339 e. The number of halogens is 2. The van der Waals surface area contributed by atoms with Crippen molar-refractivity contribution in [2.24, 2.45) is 5.92 Å². The highest BCUT2D eigenvalue weighted by molar-refractivity contribution is 9.10. The van der Waals surface area contributed by atoms with Crippen LogP contribution < -0.4 is 5.32 Å². The number of nitrogens with one attached hydrogen (secondary N) is 1. The van der Waals surface area contributed by atoms with Gasteiger partial charge in [-0.25, -0.2) is 9.18 Å². The van der Waals surface area contributed by atoms with Gasteiger partial charge in [0.05, 0.1) is 11.6 Å². The molecule has 0 bridgehead atoms. The predicted molar refractivity (Wildman–Crippen MR) is 81.4 cm³/mol. The van der Waals surface area contributed by atoms with Crippen LogP contribution in [0.1, 0.15) is 31.1 Å². The standard InChI is InChI=1S/C15H16BrFN2O3/c1-9(2)15(3,8-18)19-13(20)7-22-14(21)11-6-10(17)4-5-12(11)16/h4-6,9H,7H2,1-3H3,(H,19,20)/t15-/m0/s1. The second-order valence-electron chi connectivity index (χ2n) is 5.22. The van der Waals surface area contributed by atoms with Crippen LogP contribution in [0.2, 0.25) is 0 Å². The predicted octanol–water partition coefficient (Wildman–Crippen LogP) is 2.80. The number of rotatable bonds is 5. The molecule has 1 rings (SSSR count). The van der Waals surface area contributed by atoms with E-state index in [4.69, 9.17) is 10.00 Å². The van der Waals surface area contributed by atoms with Crippen LogP contribution in [-0.4, -0.2) is 24.0 Å². The van der Waals surface area contributed by atoms with E-state index in [1.807, 2.05) is 6.07 Å². The van der Waals surface area contributed by atoms with Crippen molar-refractivity contribution in [3.63, 3.8) is 0 Å². The highest BCUT2D eigenvalue weighted by Crippen LogP contribution is 2.19. The molecule has 0 heterocycles. The molecule has 1 atom stereocenters. The zero-order valence-corrected chi connectivity index (χ0v) is 14.0. The van der Waals surface area contributed by atoms with Gasteiger partial charge in [-0.1, -0.05) is 13.8 Å². The average molecular weight is 371 g/mol. The number of benzene rings is 1. The molecule has 1 aromatic carbocycles. The first kappa shape index (κ1) is 18.1. The highest BCUT2D eigenvalue weighted by atomic mass is 79.9. The molecule has 0 fully saturated rings. The summed E-state index contributed by atoms with van der Waals surface area (Å²) in [7, 11) is 0. The largest absolute Gasteiger partial charge is 0.452 e. The Balaban J connectivity index is 2.67. The molecular formula is C15H16BrFN2O3. The van der Waals surface area contributed by atoms with Crippen molar-refractivity contribution in [2.75, 3.05) is 6.61 Å². The van der Waals surface area contributed by atoms with Gasteiger partial charge in [0.15, 0.2) is 6.61 Å². The molecule has 0 spiro atoms. The first-order valence-corrected chi connectivity index (χ1v) is 7.33. The van der Waals surface area contributed by atoms with Gasteiger partial charge >= 0.3 is 5.97 Å². The van der Waals surface area contributed by atoms with Crippen LogP contribution in [-0.2, 0) is 9.53 Å². The monoisotopic (exact) mass is 370 g/mol. The Bertz CT molecular complexity index is 628. The molecule has 0 aliphatic heterocycles. The summed E-state index contributed by atoms with van der Waals surface area (Å²) in [6.45, 7) is 4.62. The number of amides is 1. The van der Waals surface area contributed by atoms with Crippen LogP contribution in [0.25, 0.3) is 0 Å². The number of ether oxygens (including phenoxy) is 1. The first-order chi connectivity index (χ1) is 10.2. The Morgan fingerprint density at radius 2 is 2.14 bits per heavy atom. The minimum Gasteiger partial charge on any atom is -0.452 e. The third-order valence-corrected chi connectivity index (χ3v) is 3.96. The zero-order valence-electron chi connectivity index (χ0n) is 12.4. The Kier molecular flexibility index (Phi) is 6.06. The normalized spacial score (nSPS) is 13.1. The lowest BCUT2D eigenvalue weighted by Gasteiger charge is -2.27. The van der Waals surface area contributed by atoms with Crippen LogP contribution in [0, 0.1) is 23.1 Å². The summed E-state index contributed by atoms with van der Waals surface area (Å²) >= 11 is 3.11. The van der Waals surface area contributed by atoms with Crippen LogP contribution in [0.4, 0.5) is 4.39 Å². The van der Waals surface area contributed by atoms with Gasteiger partial charge < -0.3 is 10.1 Å². The van der Waals surface area contributed by atoms with Gasteiger partial charge in [-0.05, 0) is 47.0 Å². The Hall–Kier alpha value is -1.94. The molecule has 0 unspecified atom stereocenters. The topological polar surface area (TPSA) is 79.2 Å². The lowest BCUT2D eigenvalue weighted by molar-refractivity contribution is -0.125. The van der Waals surface area contributed by atoms with Crippen molar-refractivity contribution in [2.45, 2.75) is 26.3 Å². The van der Waals surface area contributed by atoms with Crippen molar-refractivity contribution >= 4 is 27.8 Å². The minimum absolute atomic E-state index is 0.0142. The third-order valence-electron chi connectivity index (χ3n) is 3.27. The van der Waals surface area contributed by atoms with Crippen LogP contribution in [0.5, 0.6) is 0 Å². The van der Waals surface area contributed by atoms with Gasteiger partial charge in [0.1, 0.15) is 11.4 Å². The number of hydrogen-bond donors (Lipinski definition) is 1. The molecule has 0 radical (unpaired) electrons. The number of nitrogens with zero attached hydrogens (tertiary/aromatic N) is 1. The van der Waals surface area contributed by atoms with Gasteiger partial charge in [0, 0.05) is 4.47 Å². The lowest BCUT2D eigenvalue weighted by Crippen LogP contribution is -2.50. The number of nitriles is 1. The molecular weight excluding hydrogens is 355 g/mol. The Labute approximate surface area is 136 Å². The summed E-state index contributed by atoms with van der Waals surface area (Å²) in [5.74, 6) is -2.13. The fourth-order valence-corrected chi connectivity index (χ4v) is 1.90. The van der Waals surface area contributed by atoms with Gasteiger partial charge in [0.2, 0.25) is 0 Å². The molecule has 0 aliphatic carbocycles. The Morgan fingerprint density at radius 1 is 1.50 bits per heavy atom. The molecule has 0 aliphatic rings. The van der Waals surface area contributed by atoms with Crippen LogP contribution in [0.15, 0.2) is 22.7 Å². The van der Waals surface area contributed by atoms with E-state index in [0.29, 0.717) is 4.47 Å². The molecule has 22 heavy (non-hydrogen) atoms. The Morgan fingerprint density at radius 3 is 2.68 bits per heavy atom. The van der Waals surface area contributed by atoms with Crippen molar-refractivity contribution < 1.29 is 18.7 Å². The summed E-state index contributed by atoms with van der Waals surface area (Å²) in [5, 5.41) is 11.6. The van der Waals surface area contributed by atoms with Crippen molar-refractivity contribution in [3.05, 3.63) is 34.1 Å². The number of carbonyl (C=O) groups is 2. The van der Waals surface area contributed by atoms with Gasteiger partial charge in [-0.3, -0.25) is 4.79 Å². The van der Waals surface area contributed by atoms with E-state index >= 15 is 0 Å². The molecule has 1 aromatic rings. The van der Waals surface area contributed by atoms with Crippen molar-refractivity contribution in [1.29, 1.82) is 5.26 Å². The molecule has 5 nitrogen and oxygen atoms in total. The number of hydrogen-bond acceptors (Lipinski definition) is 4. The molecule has 0 saturated heterocycles. The first-order valence-electron chi connectivity index (χ1n) is 6.54. The molecule has 0 aromatic heterocycles. The van der Waals surface area contributed by atoms with Crippen LogP contribution in [0.3, 0.4) is 0 Å². The summed E-state index contributed by atoms with van der Waals surface area (Å²) < 4.78 is 18.3. The molecule has 7 heteroatoms. The smallest absolute Gasteiger partial charge is 0.339 e. The highest BCUT2D eigenvalue weighted by Gasteiger charge is 2.30. The van der Waals surface area contributed by atoms with E-state index in [-0.39, 0.29) is 11.5 Å². The minimum atomic E-state index is -1.05. The second kappa shape index (κ2) is 7.36. The molecule has 0 saturated carbocycles. The quantitative estimate of drug-likeness (QED) is 0.808. The van der Waals surface area contributed by atoms with E-state index in [9.17, 15) is 14.0 Å². The van der Waals surface area contributed by atoms with Crippen molar-refractivity contribution in [3.8, 4) is 6.07 Å². The van der Waals surface area contributed by atoms with Crippen molar-refractivity contribution in [1.82, 2.24) is 5.32 Å².